The highest BCUT2D eigenvalue weighted by Gasteiger charge is 2.08. The summed E-state index contributed by atoms with van der Waals surface area (Å²) in [7, 11) is 0. The molecule has 1 rings (SSSR count). The smallest absolute Gasteiger partial charge is 0.335 e. The van der Waals surface area contributed by atoms with E-state index in [2.05, 4.69) is 11.6 Å². The van der Waals surface area contributed by atoms with E-state index in [9.17, 15) is 4.79 Å². The van der Waals surface area contributed by atoms with Gasteiger partial charge in [0.15, 0.2) is 0 Å². The standard InChI is InChI=1S/C9H8ClNO2/c1-5-3-7(4-8(10)11-5)6(2)9(12)13/h3-4H,2H2,1H3,(H,12,13). The number of hydrogen-bond donors (Lipinski definition) is 1. The van der Waals surface area contributed by atoms with Crippen LogP contribution in [-0.2, 0) is 4.79 Å². The lowest BCUT2D eigenvalue weighted by molar-refractivity contribution is -0.130. The van der Waals surface area contributed by atoms with Gasteiger partial charge in [0.25, 0.3) is 0 Å². The number of aryl methyl sites for hydroxylation is 1. The van der Waals surface area contributed by atoms with Gasteiger partial charge < -0.3 is 5.11 Å². The van der Waals surface area contributed by atoms with E-state index in [1.165, 1.54) is 6.07 Å². The highest BCUT2D eigenvalue weighted by molar-refractivity contribution is 6.29. The fourth-order valence-corrected chi connectivity index (χ4v) is 1.18. The van der Waals surface area contributed by atoms with Crippen LogP contribution in [0.3, 0.4) is 0 Å². The molecular weight excluding hydrogens is 190 g/mol. The number of aromatic nitrogens is 1. The van der Waals surface area contributed by atoms with Gasteiger partial charge in [-0.2, -0.15) is 0 Å². The normalized spacial score (nSPS) is 9.69. The number of hydrogen-bond acceptors (Lipinski definition) is 2. The number of carbonyl (C=O) groups is 1. The van der Waals surface area contributed by atoms with Gasteiger partial charge in [0.1, 0.15) is 5.15 Å². The summed E-state index contributed by atoms with van der Waals surface area (Å²) in [5, 5.41) is 8.93. The monoisotopic (exact) mass is 197 g/mol. The molecule has 1 heterocycles. The largest absolute Gasteiger partial charge is 0.478 e. The molecule has 68 valence electrons. The summed E-state index contributed by atoms with van der Waals surface area (Å²) in [5.41, 5.74) is 1.18. The fourth-order valence-electron chi connectivity index (χ4n) is 0.926. The first kappa shape index (κ1) is 9.74. The van der Waals surface area contributed by atoms with Crippen molar-refractivity contribution in [1.82, 2.24) is 4.98 Å². The Balaban J connectivity index is 3.15. The van der Waals surface area contributed by atoms with Gasteiger partial charge in [-0.3, -0.25) is 0 Å². The molecule has 4 heteroatoms. The van der Waals surface area contributed by atoms with Gasteiger partial charge in [-0.15, -0.1) is 0 Å². The number of rotatable bonds is 2. The van der Waals surface area contributed by atoms with Crippen molar-refractivity contribution in [3.8, 4) is 0 Å². The number of nitrogens with zero attached hydrogens (tertiary/aromatic N) is 1. The van der Waals surface area contributed by atoms with E-state index in [4.69, 9.17) is 16.7 Å². The number of carboxylic acids is 1. The molecule has 0 saturated carbocycles. The van der Waals surface area contributed by atoms with Gasteiger partial charge in [-0.1, -0.05) is 18.2 Å². The zero-order chi connectivity index (χ0) is 10.0. The van der Waals surface area contributed by atoms with Gasteiger partial charge in [0.2, 0.25) is 0 Å². The van der Waals surface area contributed by atoms with E-state index in [0.29, 0.717) is 11.3 Å². The molecule has 1 N–H and O–H groups in total. The van der Waals surface area contributed by atoms with Crippen LogP contribution in [0.5, 0.6) is 0 Å². The number of carboxylic acid groups (broad SMARTS) is 1. The summed E-state index contributed by atoms with van der Waals surface area (Å²) in [6.45, 7) is 5.16. The summed E-state index contributed by atoms with van der Waals surface area (Å²) in [4.78, 5) is 14.5. The maximum absolute atomic E-state index is 10.6. The second-order valence-corrected chi connectivity index (χ2v) is 2.99. The van der Waals surface area contributed by atoms with E-state index in [-0.39, 0.29) is 10.7 Å². The van der Waals surface area contributed by atoms with Crippen LogP contribution in [0.25, 0.3) is 5.57 Å². The first-order chi connectivity index (χ1) is 6.00. The third kappa shape index (κ3) is 2.29. The number of pyridine rings is 1. The summed E-state index contributed by atoms with van der Waals surface area (Å²) >= 11 is 5.65. The SMILES string of the molecule is C=C(C(=O)O)c1cc(C)nc(Cl)c1. The van der Waals surface area contributed by atoms with Crippen LogP contribution in [0.1, 0.15) is 11.3 Å². The quantitative estimate of drug-likeness (QED) is 0.584. The molecule has 1 aromatic rings. The van der Waals surface area contributed by atoms with Crippen LogP contribution in [-0.4, -0.2) is 16.1 Å². The van der Waals surface area contributed by atoms with E-state index < -0.39 is 5.97 Å². The van der Waals surface area contributed by atoms with Gasteiger partial charge in [-0.25, -0.2) is 9.78 Å². The molecule has 0 unspecified atom stereocenters. The topological polar surface area (TPSA) is 50.2 Å². The molecule has 0 bridgehead atoms. The van der Waals surface area contributed by atoms with Gasteiger partial charge in [-0.05, 0) is 24.6 Å². The summed E-state index contributed by atoms with van der Waals surface area (Å²) < 4.78 is 0. The van der Waals surface area contributed by atoms with Gasteiger partial charge in [0, 0.05) is 5.69 Å². The van der Waals surface area contributed by atoms with Crippen LogP contribution in [0, 0.1) is 6.92 Å². The Hall–Kier alpha value is -1.35. The second kappa shape index (κ2) is 3.58. The van der Waals surface area contributed by atoms with Crippen LogP contribution >= 0.6 is 11.6 Å². The minimum Gasteiger partial charge on any atom is -0.478 e. The van der Waals surface area contributed by atoms with Crippen LogP contribution in [0.15, 0.2) is 18.7 Å². The summed E-state index contributed by atoms with van der Waals surface area (Å²) in [6.07, 6.45) is 0. The minimum absolute atomic E-state index is 0.0207. The first-order valence-electron chi connectivity index (χ1n) is 3.57. The average Bonchev–Trinajstić information content (AvgIpc) is 2.01. The minimum atomic E-state index is -1.05. The summed E-state index contributed by atoms with van der Waals surface area (Å²) in [6, 6.07) is 3.10. The van der Waals surface area contributed by atoms with Crippen molar-refractivity contribution in [1.29, 1.82) is 0 Å². The maximum Gasteiger partial charge on any atom is 0.335 e. The van der Waals surface area contributed by atoms with Crippen molar-refractivity contribution in [3.63, 3.8) is 0 Å². The molecule has 0 aliphatic rings. The van der Waals surface area contributed by atoms with Crippen LogP contribution in [0.2, 0.25) is 5.15 Å². The predicted octanol–water partition coefficient (Wildman–Crippen LogP) is 2.14. The lowest BCUT2D eigenvalue weighted by Gasteiger charge is -2.02. The second-order valence-electron chi connectivity index (χ2n) is 2.60. The van der Waals surface area contributed by atoms with Crippen LogP contribution < -0.4 is 0 Å². The average molecular weight is 198 g/mol. The van der Waals surface area contributed by atoms with Gasteiger partial charge >= 0.3 is 5.97 Å². The molecular formula is C9H8ClNO2. The molecule has 0 aliphatic carbocycles. The zero-order valence-electron chi connectivity index (χ0n) is 7.04. The van der Waals surface area contributed by atoms with Crippen molar-refractivity contribution >= 4 is 23.1 Å². The highest BCUT2D eigenvalue weighted by atomic mass is 35.5. The lowest BCUT2D eigenvalue weighted by Crippen LogP contribution is -1.99. The van der Waals surface area contributed by atoms with Crippen molar-refractivity contribution in [2.75, 3.05) is 0 Å². The highest BCUT2D eigenvalue weighted by Crippen LogP contribution is 2.17. The zero-order valence-corrected chi connectivity index (χ0v) is 7.80. The molecule has 0 amide bonds. The molecule has 13 heavy (non-hydrogen) atoms. The Morgan fingerprint density at radius 1 is 1.62 bits per heavy atom. The van der Waals surface area contributed by atoms with Crippen LogP contribution in [0.4, 0.5) is 0 Å². The predicted molar refractivity (Wildman–Crippen MR) is 50.7 cm³/mol. The third-order valence-corrected chi connectivity index (χ3v) is 1.72. The van der Waals surface area contributed by atoms with Crippen molar-refractivity contribution in [2.45, 2.75) is 6.92 Å². The van der Waals surface area contributed by atoms with Gasteiger partial charge in [0.05, 0.1) is 5.57 Å². The number of aliphatic carboxylic acids is 1. The third-order valence-electron chi connectivity index (χ3n) is 1.53. The van der Waals surface area contributed by atoms with Crippen molar-refractivity contribution in [3.05, 3.63) is 35.1 Å². The van der Waals surface area contributed by atoms with E-state index in [1.54, 1.807) is 13.0 Å². The van der Waals surface area contributed by atoms with Crippen molar-refractivity contribution in [2.24, 2.45) is 0 Å². The molecule has 3 nitrogen and oxygen atoms in total. The Morgan fingerprint density at radius 3 is 2.69 bits per heavy atom. The van der Waals surface area contributed by atoms with Crippen molar-refractivity contribution < 1.29 is 9.90 Å². The molecule has 0 aromatic carbocycles. The Bertz CT molecular complexity index is 354. The molecule has 1 aromatic heterocycles. The molecule has 0 saturated heterocycles. The number of halogens is 1. The molecule has 0 radical (unpaired) electrons. The Labute approximate surface area is 80.7 Å². The lowest BCUT2D eigenvalue weighted by atomic mass is 10.1. The first-order valence-corrected chi connectivity index (χ1v) is 3.95. The Kier molecular flexibility index (Phi) is 2.68. The Morgan fingerprint density at radius 2 is 2.23 bits per heavy atom. The summed E-state index contributed by atoms with van der Waals surface area (Å²) in [5.74, 6) is -1.05. The van der Waals surface area contributed by atoms with E-state index in [0.717, 1.165) is 0 Å². The molecule has 0 spiro atoms. The maximum atomic E-state index is 10.6. The van der Waals surface area contributed by atoms with E-state index >= 15 is 0 Å². The molecule has 0 fully saturated rings. The molecule has 0 atom stereocenters. The van der Waals surface area contributed by atoms with E-state index in [1.807, 2.05) is 0 Å². The molecule has 0 aliphatic heterocycles. The fraction of sp³-hybridized carbons (Fsp3) is 0.111.